The lowest BCUT2D eigenvalue weighted by Crippen LogP contribution is -2.14. The number of thioether (sulfide) groups is 1. The van der Waals surface area contributed by atoms with E-state index in [-0.39, 0.29) is 17.7 Å². The van der Waals surface area contributed by atoms with Crippen molar-refractivity contribution in [3.8, 4) is 0 Å². The van der Waals surface area contributed by atoms with Crippen LogP contribution < -0.4 is 0 Å². The highest BCUT2D eigenvalue weighted by atomic mass is 32.2. The number of benzene rings is 1. The summed E-state index contributed by atoms with van der Waals surface area (Å²) < 4.78 is 17.2. The maximum atomic E-state index is 12.6. The number of esters is 1. The Bertz CT molecular complexity index is 337. The van der Waals surface area contributed by atoms with Gasteiger partial charge in [0.1, 0.15) is 5.82 Å². The maximum Gasteiger partial charge on any atom is 0.309 e. The summed E-state index contributed by atoms with van der Waals surface area (Å²) in [6.07, 6.45) is 0. The van der Waals surface area contributed by atoms with Crippen LogP contribution in [0, 0.1) is 11.7 Å². The molecule has 0 bridgehead atoms. The smallest absolute Gasteiger partial charge is 0.309 e. The molecule has 0 heterocycles. The molecule has 0 amide bonds. The second-order valence-corrected chi connectivity index (χ2v) is 4.60. The van der Waals surface area contributed by atoms with Crippen molar-refractivity contribution in [2.75, 3.05) is 12.9 Å². The standard InChI is InChI=1S/C12H15FO2S/c1-9(12(14)15-2)7-16-8-10-3-5-11(13)6-4-10/h3-6,9H,7-8H2,1-2H3. The molecule has 88 valence electrons. The monoisotopic (exact) mass is 242 g/mol. The van der Waals surface area contributed by atoms with E-state index in [4.69, 9.17) is 0 Å². The molecule has 0 N–H and O–H groups in total. The van der Waals surface area contributed by atoms with E-state index in [9.17, 15) is 9.18 Å². The molecular weight excluding hydrogens is 227 g/mol. The number of ether oxygens (including phenoxy) is 1. The van der Waals surface area contributed by atoms with E-state index < -0.39 is 0 Å². The van der Waals surface area contributed by atoms with Crippen LogP contribution >= 0.6 is 11.8 Å². The van der Waals surface area contributed by atoms with Gasteiger partial charge < -0.3 is 4.74 Å². The van der Waals surface area contributed by atoms with Crippen LogP contribution in [0.3, 0.4) is 0 Å². The molecule has 1 atom stereocenters. The van der Waals surface area contributed by atoms with Crippen molar-refractivity contribution in [1.82, 2.24) is 0 Å². The van der Waals surface area contributed by atoms with Crippen molar-refractivity contribution in [3.05, 3.63) is 35.6 Å². The number of halogens is 1. The molecule has 0 saturated heterocycles. The molecule has 1 rings (SSSR count). The number of hydrogen-bond donors (Lipinski definition) is 0. The molecule has 16 heavy (non-hydrogen) atoms. The topological polar surface area (TPSA) is 26.3 Å². The van der Waals surface area contributed by atoms with Crippen molar-refractivity contribution in [2.45, 2.75) is 12.7 Å². The lowest BCUT2D eigenvalue weighted by molar-refractivity contribution is -0.143. The van der Waals surface area contributed by atoms with E-state index >= 15 is 0 Å². The second kappa shape index (κ2) is 6.53. The molecule has 0 radical (unpaired) electrons. The van der Waals surface area contributed by atoms with E-state index in [2.05, 4.69) is 4.74 Å². The number of hydrogen-bond acceptors (Lipinski definition) is 3. The predicted molar refractivity (Wildman–Crippen MR) is 63.7 cm³/mol. The van der Waals surface area contributed by atoms with E-state index in [1.165, 1.54) is 19.2 Å². The molecule has 0 aliphatic heterocycles. The van der Waals surface area contributed by atoms with Gasteiger partial charge >= 0.3 is 5.97 Å². The molecule has 0 spiro atoms. The zero-order chi connectivity index (χ0) is 12.0. The van der Waals surface area contributed by atoms with Gasteiger partial charge in [0.05, 0.1) is 13.0 Å². The third kappa shape index (κ3) is 4.23. The fourth-order valence-electron chi connectivity index (χ4n) is 1.20. The van der Waals surface area contributed by atoms with Gasteiger partial charge in [-0.15, -0.1) is 0 Å². The zero-order valence-electron chi connectivity index (χ0n) is 9.40. The fourth-order valence-corrected chi connectivity index (χ4v) is 2.24. The van der Waals surface area contributed by atoms with E-state index in [1.807, 2.05) is 6.92 Å². The first-order valence-corrected chi connectivity index (χ1v) is 6.19. The molecule has 0 fully saturated rings. The molecule has 1 unspecified atom stereocenters. The van der Waals surface area contributed by atoms with Crippen LogP contribution in [0.5, 0.6) is 0 Å². The molecule has 0 aromatic heterocycles. The average molecular weight is 242 g/mol. The lowest BCUT2D eigenvalue weighted by Gasteiger charge is -2.08. The van der Waals surface area contributed by atoms with E-state index in [1.54, 1.807) is 23.9 Å². The van der Waals surface area contributed by atoms with Gasteiger partial charge in [-0.05, 0) is 17.7 Å². The van der Waals surface area contributed by atoms with Crippen molar-refractivity contribution in [1.29, 1.82) is 0 Å². The minimum atomic E-state index is -0.225. The summed E-state index contributed by atoms with van der Waals surface area (Å²) in [5.41, 5.74) is 1.06. The zero-order valence-corrected chi connectivity index (χ0v) is 10.2. The first-order chi connectivity index (χ1) is 7.63. The van der Waals surface area contributed by atoms with Crippen LogP contribution in [0.1, 0.15) is 12.5 Å². The molecule has 4 heteroatoms. The van der Waals surface area contributed by atoms with Crippen LogP contribution in [0.4, 0.5) is 4.39 Å². The van der Waals surface area contributed by atoms with Crippen molar-refractivity contribution < 1.29 is 13.9 Å². The van der Waals surface area contributed by atoms with E-state index in [0.29, 0.717) is 5.75 Å². The van der Waals surface area contributed by atoms with E-state index in [0.717, 1.165) is 11.3 Å². The largest absolute Gasteiger partial charge is 0.469 e. The maximum absolute atomic E-state index is 12.6. The highest BCUT2D eigenvalue weighted by Gasteiger charge is 2.12. The Kier molecular flexibility index (Phi) is 5.32. The summed E-state index contributed by atoms with van der Waals surface area (Å²) in [7, 11) is 1.39. The van der Waals surface area contributed by atoms with Crippen LogP contribution in [-0.4, -0.2) is 18.8 Å². The third-order valence-electron chi connectivity index (χ3n) is 2.15. The average Bonchev–Trinajstić information content (AvgIpc) is 2.30. The van der Waals surface area contributed by atoms with Gasteiger partial charge in [-0.3, -0.25) is 4.79 Å². The summed E-state index contributed by atoms with van der Waals surface area (Å²) in [4.78, 5) is 11.1. The Morgan fingerprint density at radius 3 is 2.62 bits per heavy atom. The number of rotatable bonds is 5. The first-order valence-electron chi connectivity index (χ1n) is 5.03. The van der Waals surface area contributed by atoms with Gasteiger partial charge in [0.2, 0.25) is 0 Å². The lowest BCUT2D eigenvalue weighted by atomic mass is 10.2. The van der Waals surface area contributed by atoms with Gasteiger partial charge in [0.25, 0.3) is 0 Å². The van der Waals surface area contributed by atoms with Gasteiger partial charge in [0, 0.05) is 11.5 Å². The molecule has 1 aromatic rings. The highest BCUT2D eigenvalue weighted by molar-refractivity contribution is 7.98. The SMILES string of the molecule is COC(=O)C(C)CSCc1ccc(F)cc1. The van der Waals surface area contributed by atoms with Gasteiger partial charge in [-0.25, -0.2) is 4.39 Å². The van der Waals surface area contributed by atoms with Crippen LogP contribution in [-0.2, 0) is 15.3 Å². The molecule has 0 aliphatic carbocycles. The van der Waals surface area contributed by atoms with Crippen LogP contribution in [0.15, 0.2) is 24.3 Å². The third-order valence-corrected chi connectivity index (χ3v) is 3.43. The van der Waals surface area contributed by atoms with Crippen molar-refractivity contribution in [2.24, 2.45) is 5.92 Å². The molecule has 0 saturated carbocycles. The van der Waals surface area contributed by atoms with Crippen molar-refractivity contribution in [3.63, 3.8) is 0 Å². The van der Waals surface area contributed by atoms with Gasteiger partial charge in [-0.1, -0.05) is 19.1 Å². The van der Waals surface area contributed by atoms with Crippen molar-refractivity contribution >= 4 is 17.7 Å². The highest BCUT2D eigenvalue weighted by Crippen LogP contribution is 2.16. The predicted octanol–water partition coefficient (Wildman–Crippen LogP) is 2.87. The summed E-state index contributed by atoms with van der Waals surface area (Å²) in [5.74, 6) is 0.977. The number of carbonyl (C=O) groups excluding carboxylic acids is 1. The first kappa shape index (κ1) is 13.0. The summed E-state index contributed by atoms with van der Waals surface area (Å²) in [6, 6.07) is 6.40. The molecular formula is C12H15FO2S. The van der Waals surface area contributed by atoms with Gasteiger partial charge in [0.15, 0.2) is 0 Å². The molecule has 1 aromatic carbocycles. The second-order valence-electron chi connectivity index (χ2n) is 3.57. The molecule has 2 nitrogen and oxygen atoms in total. The van der Waals surface area contributed by atoms with Crippen LogP contribution in [0.25, 0.3) is 0 Å². The number of carbonyl (C=O) groups is 1. The summed E-state index contributed by atoms with van der Waals surface area (Å²) in [5, 5.41) is 0. The van der Waals surface area contributed by atoms with Crippen LogP contribution in [0.2, 0.25) is 0 Å². The molecule has 0 aliphatic rings. The number of methoxy groups -OCH3 is 1. The Morgan fingerprint density at radius 1 is 1.44 bits per heavy atom. The Labute approximate surface area is 99.2 Å². The quantitative estimate of drug-likeness (QED) is 0.743. The Balaban J connectivity index is 2.30. The Hall–Kier alpha value is -1.03. The summed E-state index contributed by atoms with van der Waals surface area (Å²) in [6.45, 7) is 1.84. The minimum Gasteiger partial charge on any atom is -0.469 e. The fraction of sp³-hybridized carbons (Fsp3) is 0.417. The van der Waals surface area contributed by atoms with Gasteiger partial charge in [-0.2, -0.15) is 11.8 Å². The Morgan fingerprint density at radius 2 is 2.06 bits per heavy atom. The normalized spacial score (nSPS) is 12.2. The minimum absolute atomic E-state index is 0.101. The summed E-state index contributed by atoms with van der Waals surface area (Å²) >= 11 is 1.64.